The van der Waals surface area contributed by atoms with Gasteiger partial charge in [-0.2, -0.15) is 0 Å². The van der Waals surface area contributed by atoms with E-state index in [0.29, 0.717) is 5.82 Å². The summed E-state index contributed by atoms with van der Waals surface area (Å²) in [5.41, 5.74) is 6.70. The number of nitrogens with zero attached hydrogens (tertiary/aromatic N) is 2. The van der Waals surface area contributed by atoms with Gasteiger partial charge in [0.05, 0.1) is 0 Å². The van der Waals surface area contributed by atoms with Crippen molar-refractivity contribution in [3.63, 3.8) is 0 Å². The van der Waals surface area contributed by atoms with Gasteiger partial charge < -0.3 is 5.73 Å². The van der Waals surface area contributed by atoms with Crippen molar-refractivity contribution in [2.24, 2.45) is 0 Å². The lowest BCUT2D eigenvalue weighted by Gasteiger charge is -2.01. The maximum absolute atomic E-state index is 5.46. The van der Waals surface area contributed by atoms with Crippen LogP contribution in [0.15, 0.2) is 46.3 Å². The lowest BCUT2D eigenvalue weighted by atomic mass is 10.2. The number of benzene rings is 1. The average Bonchev–Trinajstić information content (AvgIpc) is 2.22. The molecule has 0 saturated carbocycles. The molecule has 0 unspecified atom stereocenters. The number of aromatic nitrogens is 2. The quantitative estimate of drug-likeness (QED) is 0.839. The van der Waals surface area contributed by atoms with Crippen LogP contribution in [-0.2, 0) is 0 Å². The normalized spacial score (nSPS) is 10.2. The Kier molecular flexibility index (Phi) is 2.87. The summed E-state index contributed by atoms with van der Waals surface area (Å²) in [6.07, 6.45) is 0. The number of aryl methyl sites for hydroxylation is 1. The van der Waals surface area contributed by atoms with Gasteiger partial charge in [-0.1, -0.05) is 29.5 Å². The first-order chi connectivity index (χ1) is 7.24. The van der Waals surface area contributed by atoms with Crippen LogP contribution >= 0.6 is 11.8 Å². The Bertz CT molecular complexity index is 454. The maximum atomic E-state index is 5.46. The first-order valence-electron chi connectivity index (χ1n) is 4.58. The summed E-state index contributed by atoms with van der Waals surface area (Å²) >= 11 is 1.58. The Morgan fingerprint density at radius 2 is 2.00 bits per heavy atom. The monoisotopic (exact) mass is 217 g/mol. The van der Waals surface area contributed by atoms with Crippen molar-refractivity contribution in [3.05, 3.63) is 42.0 Å². The predicted octanol–water partition coefficient (Wildman–Crippen LogP) is 2.52. The molecular formula is C11H11N3S. The number of hydrogen-bond donors (Lipinski definition) is 1. The third-order valence-corrected chi connectivity index (χ3v) is 2.79. The van der Waals surface area contributed by atoms with E-state index in [9.17, 15) is 0 Å². The van der Waals surface area contributed by atoms with Crippen molar-refractivity contribution in [1.29, 1.82) is 0 Å². The number of rotatable bonds is 2. The second-order valence-corrected chi connectivity index (χ2v) is 4.31. The van der Waals surface area contributed by atoms with E-state index in [4.69, 9.17) is 5.73 Å². The fourth-order valence-electron chi connectivity index (χ4n) is 1.18. The molecule has 1 aromatic carbocycles. The molecule has 4 heteroatoms. The van der Waals surface area contributed by atoms with Crippen molar-refractivity contribution < 1.29 is 0 Å². The molecule has 0 bridgehead atoms. The van der Waals surface area contributed by atoms with Crippen LogP contribution in [0.1, 0.15) is 5.56 Å². The van der Waals surface area contributed by atoms with Gasteiger partial charge >= 0.3 is 0 Å². The summed E-state index contributed by atoms with van der Waals surface area (Å²) in [5.74, 6) is 0.448. The van der Waals surface area contributed by atoms with E-state index in [1.165, 1.54) is 5.56 Å². The summed E-state index contributed by atoms with van der Waals surface area (Å²) in [5, 5.41) is 8.65. The molecular weight excluding hydrogens is 206 g/mol. The third kappa shape index (κ3) is 2.70. The van der Waals surface area contributed by atoms with Gasteiger partial charge in [-0.3, -0.25) is 0 Å². The second kappa shape index (κ2) is 4.31. The van der Waals surface area contributed by atoms with Crippen LogP contribution < -0.4 is 5.73 Å². The van der Waals surface area contributed by atoms with Crippen LogP contribution in [0.4, 0.5) is 5.82 Å². The second-order valence-electron chi connectivity index (χ2n) is 3.22. The van der Waals surface area contributed by atoms with Gasteiger partial charge in [0.15, 0.2) is 0 Å². The Balaban J connectivity index is 2.18. The van der Waals surface area contributed by atoms with Gasteiger partial charge in [0, 0.05) is 4.90 Å². The summed E-state index contributed by atoms with van der Waals surface area (Å²) in [4.78, 5) is 1.16. The number of nitrogens with two attached hydrogens (primary N) is 1. The molecule has 0 aliphatic heterocycles. The molecule has 2 rings (SSSR count). The van der Waals surface area contributed by atoms with E-state index >= 15 is 0 Å². The lowest BCUT2D eigenvalue weighted by Crippen LogP contribution is -1.92. The minimum Gasteiger partial charge on any atom is -0.382 e. The zero-order valence-electron chi connectivity index (χ0n) is 8.34. The van der Waals surface area contributed by atoms with E-state index < -0.39 is 0 Å². The molecule has 0 fully saturated rings. The van der Waals surface area contributed by atoms with E-state index in [-0.39, 0.29) is 0 Å². The van der Waals surface area contributed by atoms with Crippen LogP contribution in [0.3, 0.4) is 0 Å². The lowest BCUT2D eigenvalue weighted by molar-refractivity contribution is 0.939. The molecule has 0 aliphatic carbocycles. The van der Waals surface area contributed by atoms with Crippen LogP contribution in [0.25, 0.3) is 0 Å². The third-order valence-electron chi connectivity index (χ3n) is 1.87. The average molecular weight is 217 g/mol. The highest BCUT2D eigenvalue weighted by Gasteiger charge is 1.99. The molecule has 1 aromatic heterocycles. The maximum Gasteiger partial charge on any atom is 0.146 e. The van der Waals surface area contributed by atoms with E-state index in [1.807, 2.05) is 12.1 Å². The SMILES string of the molecule is Cc1cccc(Sc2ccc(N)nn2)c1. The zero-order valence-corrected chi connectivity index (χ0v) is 9.16. The first-order valence-corrected chi connectivity index (χ1v) is 5.39. The first kappa shape index (κ1) is 9.98. The van der Waals surface area contributed by atoms with Crippen molar-refractivity contribution in [2.75, 3.05) is 5.73 Å². The molecule has 1 heterocycles. The fourth-order valence-corrected chi connectivity index (χ4v) is 2.04. The minimum absolute atomic E-state index is 0.448. The smallest absolute Gasteiger partial charge is 0.146 e. The largest absolute Gasteiger partial charge is 0.382 e. The molecule has 0 radical (unpaired) electrons. The minimum atomic E-state index is 0.448. The molecule has 3 nitrogen and oxygen atoms in total. The van der Waals surface area contributed by atoms with Crippen molar-refractivity contribution >= 4 is 17.6 Å². The summed E-state index contributed by atoms with van der Waals surface area (Å²) in [6, 6.07) is 11.9. The summed E-state index contributed by atoms with van der Waals surface area (Å²) in [6.45, 7) is 2.07. The van der Waals surface area contributed by atoms with Gasteiger partial charge in [0.25, 0.3) is 0 Å². The Labute approximate surface area is 92.7 Å². The van der Waals surface area contributed by atoms with E-state index in [2.05, 4.69) is 35.3 Å². The molecule has 0 atom stereocenters. The van der Waals surface area contributed by atoms with E-state index in [1.54, 1.807) is 17.8 Å². The van der Waals surface area contributed by atoms with E-state index in [0.717, 1.165) is 9.92 Å². The zero-order chi connectivity index (χ0) is 10.7. The van der Waals surface area contributed by atoms with Crippen molar-refractivity contribution in [3.8, 4) is 0 Å². The Hall–Kier alpha value is -1.55. The number of nitrogen functional groups attached to an aromatic ring is 1. The van der Waals surface area contributed by atoms with Crippen LogP contribution in [0.2, 0.25) is 0 Å². The predicted molar refractivity (Wildman–Crippen MR) is 61.7 cm³/mol. The topological polar surface area (TPSA) is 51.8 Å². The molecule has 2 N–H and O–H groups in total. The van der Waals surface area contributed by atoms with Crippen molar-refractivity contribution in [2.45, 2.75) is 16.8 Å². The highest BCUT2D eigenvalue weighted by Crippen LogP contribution is 2.25. The van der Waals surface area contributed by atoms with Crippen molar-refractivity contribution in [1.82, 2.24) is 10.2 Å². The van der Waals surface area contributed by atoms with Gasteiger partial charge in [-0.25, -0.2) is 0 Å². The van der Waals surface area contributed by atoms with Gasteiger partial charge in [-0.05, 0) is 31.2 Å². The standard InChI is InChI=1S/C11H11N3S/c1-8-3-2-4-9(7-8)15-11-6-5-10(12)13-14-11/h2-7H,1H3,(H2,12,13). The van der Waals surface area contributed by atoms with Crippen LogP contribution in [-0.4, -0.2) is 10.2 Å². The molecule has 76 valence electrons. The Morgan fingerprint density at radius 3 is 2.67 bits per heavy atom. The van der Waals surface area contributed by atoms with Gasteiger partial charge in [-0.15, -0.1) is 10.2 Å². The fraction of sp³-hybridized carbons (Fsp3) is 0.0909. The number of anilines is 1. The molecule has 15 heavy (non-hydrogen) atoms. The summed E-state index contributed by atoms with van der Waals surface area (Å²) in [7, 11) is 0. The highest BCUT2D eigenvalue weighted by atomic mass is 32.2. The molecule has 2 aromatic rings. The number of hydrogen-bond acceptors (Lipinski definition) is 4. The molecule has 0 spiro atoms. The Morgan fingerprint density at radius 1 is 1.13 bits per heavy atom. The molecule has 0 saturated heterocycles. The molecule has 0 amide bonds. The summed E-state index contributed by atoms with van der Waals surface area (Å²) < 4.78 is 0. The van der Waals surface area contributed by atoms with Gasteiger partial charge in [0.1, 0.15) is 10.8 Å². The van der Waals surface area contributed by atoms with Gasteiger partial charge in [0.2, 0.25) is 0 Å². The van der Waals surface area contributed by atoms with Crippen LogP contribution in [0, 0.1) is 6.92 Å². The molecule has 0 aliphatic rings. The highest BCUT2D eigenvalue weighted by molar-refractivity contribution is 7.99. The van der Waals surface area contributed by atoms with Crippen LogP contribution in [0.5, 0.6) is 0 Å².